The smallest absolute Gasteiger partial charge is 0.317 e. The van der Waals surface area contributed by atoms with E-state index in [1.165, 1.54) is 0 Å². The lowest BCUT2D eigenvalue weighted by Gasteiger charge is -2.34. The minimum atomic E-state index is -0.999. The van der Waals surface area contributed by atoms with Gasteiger partial charge in [0.25, 0.3) is 0 Å². The SMILES string of the molecule is CCCCC(CC)CN(CC(CC)CCCC)C(=O)CN(CC(=O)O)CC(=O)N(CC(CC)CCCC)CC(CC)CCCC. The first-order valence-corrected chi connectivity index (χ1v) is 19.1. The highest BCUT2D eigenvalue weighted by atomic mass is 16.4. The molecule has 7 heteroatoms. The molecular formula is C38H75N3O4. The monoisotopic (exact) mass is 638 g/mol. The van der Waals surface area contributed by atoms with Gasteiger partial charge < -0.3 is 14.9 Å². The summed E-state index contributed by atoms with van der Waals surface area (Å²) in [5, 5.41) is 9.82. The summed E-state index contributed by atoms with van der Waals surface area (Å²) in [5.74, 6) is 0.669. The van der Waals surface area contributed by atoms with Crippen LogP contribution >= 0.6 is 0 Å². The highest BCUT2D eigenvalue weighted by Crippen LogP contribution is 2.21. The molecule has 0 heterocycles. The van der Waals surface area contributed by atoms with E-state index in [0.29, 0.717) is 49.9 Å². The van der Waals surface area contributed by atoms with Crippen LogP contribution in [0.15, 0.2) is 0 Å². The second kappa shape index (κ2) is 27.5. The van der Waals surface area contributed by atoms with Gasteiger partial charge in [-0.2, -0.15) is 0 Å². The van der Waals surface area contributed by atoms with Crippen molar-refractivity contribution < 1.29 is 19.5 Å². The Bertz CT molecular complexity index is 671. The van der Waals surface area contributed by atoms with E-state index in [1.54, 1.807) is 4.90 Å². The van der Waals surface area contributed by atoms with Gasteiger partial charge in [0.2, 0.25) is 11.8 Å². The van der Waals surface area contributed by atoms with Gasteiger partial charge in [-0.25, -0.2) is 0 Å². The third-order valence-corrected chi connectivity index (χ3v) is 9.87. The second-order valence-electron chi connectivity index (χ2n) is 13.8. The zero-order valence-corrected chi connectivity index (χ0v) is 31.1. The van der Waals surface area contributed by atoms with Crippen LogP contribution in [0.4, 0.5) is 0 Å². The minimum absolute atomic E-state index is 0.0274. The van der Waals surface area contributed by atoms with Gasteiger partial charge in [0, 0.05) is 26.2 Å². The van der Waals surface area contributed by atoms with E-state index in [-0.39, 0.29) is 31.4 Å². The van der Waals surface area contributed by atoms with Crippen LogP contribution < -0.4 is 0 Å². The third kappa shape index (κ3) is 20.3. The summed E-state index contributed by atoms with van der Waals surface area (Å²) in [4.78, 5) is 45.6. The number of carbonyl (C=O) groups is 3. The van der Waals surface area contributed by atoms with Crippen molar-refractivity contribution in [3.63, 3.8) is 0 Å². The Labute approximate surface area is 279 Å². The fourth-order valence-electron chi connectivity index (χ4n) is 6.41. The Hall–Kier alpha value is -1.63. The molecule has 2 amide bonds. The first-order chi connectivity index (χ1) is 21.6. The Balaban J connectivity index is 6.07. The van der Waals surface area contributed by atoms with Crippen LogP contribution in [0.3, 0.4) is 0 Å². The topological polar surface area (TPSA) is 81.2 Å². The van der Waals surface area contributed by atoms with Gasteiger partial charge in [0.15, 0.2) is 0 Å². The van der Waals surface area contributed by atoms with E-state index in [2.05, 4.69) is 55.4 Å². The molecule has 0 aliphatic heterocycles. The number of hydrogen-bond acceptors (Lipinski definition) is 4. The van der Waals surface area contributed by atoms with Gasteiger partial charge in [0.05, 0.1) is 19.6 Å². The lowest BCUT2D eigenvalue weighted by Crippen LogP contribution is -2.49. The van der Waals surface area contributed by atoms with Crippen LogP contribution in [0.1, 0.15) is 158 Å². The maximum absolute atomic E-state index is 14.0. The van der Waals surface area contributed by atoms with Crippen molar-refractivity contribution in [1.29, 1.82) is 0 Å². The summed E-state index contributed by atoms with van der Waals surface area (Å²) >= 11 is 0. The van der Waals surface area contributed by atoms with Gasteiger partial charge in [0.1, 0.15) is 0 Å². The van der Waals surface area contributed by atoms with E-state index >= 15 is 0 Å². The molecule has 0 rings (SSSR count). The molecule has 0 fully saturated rings. The van der Waals surface area contributed by atoms with Crippen molar-refractivity contribution in [2.24, 2.45) is 23.7 Å². The van der Waals surface area contributed by atoms with E-state index in [9.17, 15) is 19.5 Å². The molecular weight excluding hydrogens is 562 g/mol. The second-order valence-corrected chi connectivity index (χ2v) is 13.8. The van der Waals surface area contributed by atoms with E-state index in [0.717, 1.165) is 103 Å². The molecule has 0 saturated carbocycles. The van der Waals surface area contributed by atoms with E-state index in [4.69, 9.17) is 0 Å². The summed E-state index contributed by atoms with van der Waals surface area (Å²) in [6.45, 7) is 20.1. The molecule has 266 valence electrons. The predicted molar refractivity (Wildman–Crippen MR) is 190 cm³/mol. The highest BCUT2D eigenvalue weighted by Gasteiger charge is 2.28. The summed E-state index contributed by atoms with van der Waals surface area (Å²) < 4.78 is 0. The van der Waals surface area contributed by atoms with Gasteiger partial charge in [-0.15, -0.1) is 0 Å². The number of aliphatic carboxylic acids is 1. The molecule has 0 radical (unpaired) electrons. The van der Waals surface area contributed by atoms with Crippen LogP contribution in [-0.4, -0.2) is 83.4 Å². The standard InChI is InChI=1S/C38H75N3O4/c1-9-17-21-32(13-5)25-40(26-33(14-6)22-18-10-2)36(42)29-39(31-38(44)45)30-37(43)41(27-34(15-7)23-19-11-3)28-35(16-8)24-20-12-4/h32-35H,9-31H2,1-8H3,(H,44,45). The average Bonchev–Trinajstić information content (AvgIpc) is 3.02. The zero-order chi connectivity index (χ0) is 34.0. The van der Waals surface area contributed by atoms with Gasteiger partial charge in [-0.3, -0.25) is 19.3 Å². The fourth-order valence-corrected chi connectivity index (χ4v) is 6.41. The van der Waals surface area contributed by atoms with Crippen LogP contribution in [0.2, 0.25) is 0 Å². The molecule has 0 aromatic heterocycles. The number of carboxylic acids is 1. The molecule has 0 aromatic rings. The van der Waals surface area contributed by atoms with E-state index < -0.39 is 5.97 Å². The molecule has 0 spiro atoms. The molecule has 0 bridgehead atoms. The van der Waals surface area contributed by atoms with Gasteiger partial charge >= 0.3 is 5.97 Å². The molecule has 4 atom stereocenters. The quantitative estimate of drug-likeness (QED) is 0.0851. The Morgan fingerprint density at radius 1 is 0.467 bits per heavy atom. The maximum atomic E-state index is 14.0. The first-order valence-electron chi connectivity index (χ1n) is 19.1. The van der Waals surface area contributed by atoms with Crippen molar-refractivity contribution in [3.05, 3.63) is 0 Å². The van der Waals surface area contributed by atoms with Gasteiger partial charge in [-0.1, -0.05) is 132 Å². The molecule has 1 N–H and O–H groups in total. The number of carbonyl (C=O) groups excluding carboxylic acids is 2. The van der Waals surface area contributed by atoms with Crippen molar-refractivity contribution >= 4 is 17.8 Å². The summed E-state index contributed by atoms with van der Waals surface area (Å²) in [5.41, 5.74) is 0. The Kier molecular flexibility index (Phi) is 26.5. The first kappa shape index (κ1) is 43.4. The minimum Gasteiger partial charge on any atom is -0.480 e. The molecule has 4 unspecified atom stereocenters. The lowest BCUT2D eigenvalue weighted by atomic mass is 9.95. The lowest BCUT2D eigenvalue weighted by molar-refractivity contribution is -0.142. The molecule has 7 nitrogen and oxygen atoms in total. The average molecular weight is 638 g/mol. The van der Waals surface area contributed by atoms with Crippen LogP contribution in [0.25, 0.3) is 0 Å². The predicted octanol–water partition coefficient (Wildman–Crippen LogP) is 8.90. The van der Waals surface area contributed by atoms with Crippen molar-refractivity contribution in [3.8, 4) is 0 Å². The number of carboxylic acid groups (broad SMARTS) is 1. The number of nitrogens with zero attached hydrogens (tertiary/aromatic N) is 3. The highest BCUT2D eigenvalue weighted by molar-refractivity contribution is 5.82. The number of rotatable bonds is 30. The number of unbranched alkanes of at least 4 members (excludes halogenated alkanes) is 4. The Morgan fingerprint density at radius 3 is 0.933 bits per heavy atom. The molecule has 45 heavy (non-hydrogen) atoms. The van der Waals surface area contributed by atoms with Crippen LogP contribution in [0, 0.1) is 23.7 Å². The summed E-state index contributed by atoms with van der Waals surface area (Å²) in [6, 6.07) is 0. The normalized spacial score (nSPS) is 14.2. The summed E-state index contributed by atoms with van der Waals surface area (Å²) in [6.07, 6.45) is 17.6. The third-order valence-electron chi connectivity index (χ3n) is 9.87. The van der Waals surface area contributed by atoms with E-state index in [1.807, 2.05) is 9.80 Å². The van der Waals surface area contributed by atoms with Crippen molar-refractivity contribution in [2.45, 2.75) is 158 Å². The molecule has 0 aliphatic rings. The molecule has 0 aliphatic carbocycles. The summed E-state index contributed by atoms with van der Waals surface area (Å²) in [7, 11) is 0. The molecule has 0 aromatic carbocycles. The zero-order valence-electron chi connectivity index (χ0n) is 31.1. The Morgan fingerprint density at radius 2 is 0.733 bits per heavy atom. The maximum Gasteiger partial charge on any atom is 0.317 e. The van der Waals surface area contributed by atoms with Gasteiger partial charge in [-0.05, 0) is 49.4 Å². The largest absolute Gasteiger partial charge is 0.480 e. The van der Waals surface area contributed by atoms with Crippen LogP contribution in [0.5, 0.6) is 0 Å². The van der Waals surface area contributed by atoms with Crippen molar-refractivity contribution in [2.75, 3.05) is 45.8 Å². The van der Waals surface area contributed by atoms with Crippen LogP contribution in [-0.2, 0) is 14.4 Å². The molecule has 0 saturated heterocycles. The van der Waals surface area contributed by atoms with Crippen molar-refractivity contribution in [1.82, 2.24) is 14.7 Å². The number of hydrogen-bond donors (Lipinski definition) is 1. The fraction of sp³-hybridized carbons (Fsp3) is 0.921. The number of amides is 2.